The number of hydrogen-bond donors (Lipinski definition) is 2. The maximum absolute atomic E-state index is 14.0. The van der Waals surface area contributed by atoms with Crippen LogP contribution in [-0.4, -0.2) is 47.7 Å². The van der Waals surface area contributed by atoms with Crippen molar-refractivity contribution in [1.82, 2.24) is 29.5 Å². The number of hydrogen-bond acceptors (Lipinski definition) is 10. The lowest BCUT2D eigenvalue weighted by Gasteiger charge is -2.15. The highest BCUT2D eigenvalue weighted by molar-refractivity contribution is 5.96. The number of halogens is 3. The highest BCUT2D eigenvalue weighted by Crippen LogP contribution is 2.40. The number of nitrogens with one attached hydrogen (secondary N) is 1. The molecule has 0 saturated carbocycles. The van der Waals surface area contributed by atoms with Crippen molar-refractivity contribution < 1.29 is 22.6 Å². The van der Waals surface area contributed by atoms with E-state index in [1.54, 1.807) is 18.2 Å². The number of alkyl halides is 3. The van der Waals surface area contributed by atoms with Gasteiger partial charge in [-0.05, 0) is 50.2 Å². The molecule has 4 heterocycles. The Hall–Kier alpha value is -5.01. The van der Waals surface area contributed by atoms with E-state index in [1.807, 2.05) is 13.8 Å². The van der Waals surface area contributed by atoms with Crippen LogP contribution in [0.15, 0.2) is 60.1 Å². The number of anilines is 2. The number of aromatic nitrogens is 6. The maximum Gasteiger partial charge on any atom is 0.420 e. The first-order valence-electron chi connectivity index (χ1n) is 11.7. The Morgan fingerprint density at radius 1 is 1.08 bits per heavy atom. The van der Waals surface area contributed by atoms with E-state index in [9.17, 15) is 13.2 Å². The number of ether oxygens (including phenoxy) is 2. The van der Waals surface area contributed by atoms with E-state index >= 15 is 0 Å². The lowest BCUT2D eigenvalue weighted by molar-refractivity contribution is -0.138. The minimum absolute atomic E-state index is 0.0333. The first-order valence-corrected chi connectivity index (χ1v) is 11.7. The summed E-state index contributed by atoms with van der Waals surface area (Å²) in [6.07, 6.45) is -1.98. The molecule has 0 radical (unpaired) electrons. The third-order valence-corrected chi connectivity index (χ3v) is 5.86. The maximum atomic E-state index is 14.0. The number of nitrogen functional groups attached to an aromatic ring is 1. The molecule has 0 spiro atoms. The molecule has 198 valence electrons. The van der Waals surface area contributed by atoms with E-state index in [0.29, 0.717) is 34.9 Å². The van der Waals surface area contributed by atoms with Crippen LogP contribution < -0.4 is 15.8 Å². The smallest absolute Gasteiger partial charge is 0.420 e. The largest absolute Gasteiger partial charge is 0.462 e. The Morgan fingerprint density at radius 2 is 1.92 bits per heavy atom. The number of amidine groups is 1. The monoisotopic (exact) mass is 535 g/mol. The van der Waals surface area contributed by atoms with Gasteiger partial charge >= 0.3 is 6.18 Å². The summed E-state index contributed by atoms with van der Waals surface area (Å²) in [6.45, 7) is 4.36. The number of nitrogens with zero attached hydrogens (tertiary/aromatic N) is 7. The van der Waals surface area contributed by atoms with Gasteiger partial charge in [-0.25, -0.2) is 19.9 Å². The van der Waals surface area contributed by atoms with Gasteiger partial charge in [-0.2, -0.15) is 13.2 Å². The second kappa shape index (κ2) is 8.79. The molecule has 39 heavy (non-hydrogen) atoms. The Balaban J connectivity index is 1.32. The molecule has 11 nitrogen and oxygen atoms in total. The van der Waals surface area contributed by atoms with Crippen LogP contribution in [0.1, 0.15) is 19.4 Å². The molecule has 14 heteroatoms. The minimum atomic E-state index is -4.73. The quantitative estimate of drug-likeness (QED) is 0.335. The van der Waals surface area contributed by atoms with Crippen LogP contribution in [0.3, 0.4) is 0 Å². The van der Waals surface area contributed by atoms with Crippen molar-refractivity contribution in [2.45, 2.75) is 25.6 Å². The molecular formula is C25H20F3N9O2. The van der Waals surface area contributed by atoms with Crippen LogP contribution in [0.2, 0.25) is 0 Å². The Morgan fingerprint density at radius 3 is 2.69 bits per heavy atom. The van der Waals surface area contributed by atoms with Crippen LogP contribution >= 0.6 is 0 Å². The van der Waals surface area contributed by atoms with Crippen molar-refractivity contribution >= 4 is 34.1 Å². The third-order valence-electron chi connectivity index (χ3n) is 5.86. The van der Waals surface area contributed by atoms with Crippen molar-refractivity contribution in [3.8, 4) is 23.0 Å². The van der Waals surface area contributed by atoms with Crippen LogP contribution in [0, 0.1) is 0 Å². The zero-order chi connectivity index (χ0) is 27.4. The average molecular weight is 535 g/mol. The van der Waals surface area contributed by atoms with Crippen molar-refractivity contribution in [3.05, 3.63) is 60.7 Å². The molecule has 0 unspecified atom stereocenters. The van der Waals surface area contributed by atoms with Crippen molar-refractivity contribution in [2.75, 3.05) is 17.7 Å². The SMILES string of the molecule is CC1(C)COC(Nc2ccc3nc(-c4ccc(Oc5cc6nncn6cn5)c(C(F)(F)F)c4)nc(N)c3c2)=N1. The molecule has 6 rings (SSSR count). The van der Waals surface area contributed by atoms with Crippen LogP contribution in [0.4, 0.5) is 24.7 Å². The summed E-state index contributed by atoms with van der Waals surface area (Å²) in [5.41, 5.74) is 6.44. The van der Waals surface area contributed by atoms with E-state index in [1.165, 1.54) is 35.3 Å². The van der Waals surface area contributed by atoms with Crippen molar-refractivity contribution in [2.24, 2.45) is 4.99 Å². The molecule has 1 aliphatic rings. The zero-order valence-corrected chi connectivity index (χ0v) is 20.6. The minimum Gasteiger partial charge on any atom is -0.462 e. The zero-order valence-electron chi connectivity index (χ0n) is 20.6. The third kappa shape index (κ3) is 4.83. The number of benzene rings is 2. The lowest BCUT2D eigenvalue weighted by Crippen LogP contribution is -2.17. The van der Waals surface area contributed by atoms with Gasteiger partial charge < -0.3 is 20.5 Å². The Bertz CT molecular complexity index is 1770. The van der Waals surface area contributed by atoms with Crippen molar-refractivity contribution in [1.29, 1.82) is 0 Å². The molecular weight excluding hydrogens is 515 g/mol. The van der Waals surface area contributed by atoms with Gasteiger partial charge in [-0.15, -0.1) is 10.2 Å². The normalized spacial score (nSPS) is 14.8. The topological polar surface area (TPSA) is 138 Å². The molecule has 1 aliphatic heterocycles. The lowest BCUT2D eigenvalue weighted by atomic mass is 10.1. The molecule has 0 amide bonds. The standard InChI is InChI=1S/C25H20F3N9O2/c1-24(2)10-38-23(35-24)32-14-4-5-17-15(8-14)21(29)34-22(33-17)13-3-6-18(16(7-13)25(26,27)28)39-20-9-19-36-31-12-37(19)11-30-20/h3-9,11-12H,10H2,1-2H3,(H,32,35)(H2,29,33,34). The van der Waals surface area contributed by atoms with E-state index in [2.05, 4.69) is 35.5 Å². The van der Waals surface area contributed by atoms with E-state index < -0.39 is 17.5 Å². The van der Waals surface area contributed by atoms with Gasteiger partial charge in [0, 0.05) is 22.7 Å². The molecule has 5 aromatic rings. The highest BCUT2D eigenvalue weighted by atomic mass is 19.4. The first-order chi connectivity index (χ1) is 18.5. The molecule has 2 aromatic carbocycles. The molecule has 0 atom stereocenters. The fourth-order valence-electron chi connectivity index (χ4n) is 3.99. The first kappa shape index (κ1) is 24.3. The van der Waals surface area contributed by atoms with Crippen LogP contribution in [-0.2, 0) is 10.9 Å². The van der Waals surface area contributed by atoms with Gasteiger partial charge in [0.2, 0.25) is 5.88 Å². The summed E-state index contributed by atoms with van der Waals surface area (Å²) in [5, 5.41) is 11.2. The molecule has 0 bridgehead atoms. The van der Waals surface area contributed by atoms with Gasteiger partial charge in [-0.3, -0.25) is 4.40 Å². The fraction of sp³-hybridized carbons (Fsp3) is 0.200. The average Bonchev–Trinajstić information content (AvgIpc) is 3.49. The summed E-state index contributed by atoms with van der Waals surface area (Å²) < 4.78 is 54.6. The van der Waals surface area contributed by atoms with Gasteiger partial charge in [0.1, 0.15) is 30.8 Å². The van der Waals surface area contributed by atoms with Crippen LogP contribution in [0.25, 0.3) is 27.9 Å². The summed E-state index contributed by atoms with van der Waals surface area (Å²) in [4.78, 5) is 17.2. The van der Waals surface area contributed by atoms with Gasteiger partial charge in [0.25, 0.3) is 6.02 Å². The molecule has 0 saturated heterocycles. The van der Waals surface area contributed by atoms with E-state index in [4.69, 9.17) is 15.2 Å². The molecule has 0 fully saturated rings. The van der Waals surface area contributed by atoms with Gasteiger partial charge in [0.05, 0.1) is 16.6 Å². The van der Waals surface area contributed by atoms with E-state index in [-0.39, 0.29) is 28.6 Å². The molecule has 3 N–H and O–H groups in total. The predicted molar refractivity (Wildman–Crippen MR) is 136 cm³/mol. The second-order valence-electron chi connectivity index (χ2n) is 9.44. The van der Waals surface area contributed by atoms with Crippen LogP contribution in [0.5, 0.6) is 11.6 Å². The number of fused-ring (bicyclic) bond motifs is 2. The highest BCUT2D eigenvalue weighted by Gasteiger charge is 2.35. The van der Waals surface area contributed by atoms with E-state index in [0.717, 1.165) is 6.07 Å². The molecule has 3 aromatic heterocycles. The fourth-order valence-corrected chi connectivity index (χ4v) is 3.99. The summed E-state index contributed by atoms with van der Waals surface area (Å²) >= 11 is 0. The van der Waals surface area contributed by atoms with Crippen molar-refractivity contribution in [3.63, 3.8) is 0 Å². The Labute approximate surface area is 218 Å². The predicted octanol–water partition coefficient (Wildman–Crippen LogP) is 4.70. The summed E-state index contributed by atoms with van der Waals surface area (Å²) in [6, 6.07) is 10.4. The number of nitrogens with two attached hydrogens (primary N) is 1. The summed E-state index contributed by atoms with van der Waals surface area (Å²) in [7, 11) is 0. The second-order valence-corrected chi connectivity index (χ2v) is 9.44. The Kier molecular flexibility index (Phi) is 5.48. The summed E-state index contributed by atoms with van der Waals surface area (Å²) in [5.74, 6) is -0.367. The number of aliphatic imine (C=N–C) groups is 1. The molecule has 0 aliphatic carbocycles. The number of rotatable bonds is 4. The van der Waals surface area contributed by atoms with Gasteiger partial charge in [0.15, 0.2) is 11.5 Å². The van der Waals surface area contributed by atoms with Gasteiger partial charge in [-0.1, -0.05) is 0 Å².